The van der Waals surface area contributed by atoms with E-state index in [1.807, 2.05) is 36.4 Å². The topological polar surface area (TPSA) is 85.4 Å². The highest BCUT2D eigenvalue weighted by Gasteiger charge is 2.07. The molecule has 0 fully saturated rings. The monoisotopic (exact) mass is 378 g/mol. The summed E-state index contributed by atoms with van der Waals surface area (Å²) in [5, 5.41) is 14.1. The summed E-state index contributed by atoms with van der Waals surface area (Å²) >= 11 is 0. The van der Waals surface area contributed by atoms with Gasteiger partial charge in [-0.2, -0.15) is 0 Å². The maximum absolute atomic E-state index is 12.1. The van der Waals surface area contributed by atoms with Crippen LogP contribution in [0.15, 0.2) is 60.7 Å². The van der Waals surface area contributed by atoms with Crippen molar-refractivity contribution in [3.05, 3.63) is 71.8 Å². The second-order valence-corrected chi connectivity index (χ2v) is 5.99. The van der Waals surface area contributed by atoms with Gasteiger partial charge in [-0.1, -0.05) is 24.3 Å². The number of nitrogens with zero attached hydrogens (tertiary/aromatic N) is 2. The van der Waals surface area contributed by atoms with E-state index < -0.39 is 0 Å². The van der Waals surface area contributed by atoms with Crippen molar-refractivity contribution >= 4 is 17.5 Å². The first-order valence-corrected chi connectivity index (χ1v) is 8.84. The normalized spacial score (nSPS) is 10.2. The van der Waals surface area contributed by atoms with Crippen molar-refractivity contribution < 1.29 is 14.3 Å². The molecule has 28 heavy (non-hydrogen) atoms. The Morgan fingerprint density at radius 1 is 0.893 bits per heavy atom. The Bertz CT molecular complexity index is 915. The van der Waals surface area contributed by atoms with Crippen LogP contribution >= 0.6 is 0 Å². The molecule has 0 saturated heterocycles. The highest BCUT2D eigenvalue weighted by Crippen LogP contribution is 2.27. The lowest BCUT2D eigenvalue weighted by molar-refractivity contribution is 0.102. The number of carbonyl (C=O) groups is 1. The molecule has 0 aliphatic heterocycles. The molecule has 3 rings (SSSR count). The van der Waals surface area contributed by atoms with Gasteiger partial charge in [-0.05, 0) is 48.4 Å². The summed E-state index contributed by atoms with van der Waals surface area (Å²) in [6, 6.07) is 18.3. The van der Waals surface area contributed by atoms with Gasteiger partial charge in [0.25, 0.3) is 5.91 Å². The largest absolute Gasteiger partial charge is 0.493 e. The van der Waals surface area contributed by atoms with Crippen LogP contribution < -0.4 is 20.1 Å². The van der Waals surface area contributed by atoms with E-state index in [0.29, 0.717) is 35.2 Å². The number of methoxy groups -OCH3 is 2. The predicted octanol–water partition coefficient (Wildman–Crippen LogP) is 3.40. The van der Waals surface area contributed by atoms with Crippen molar-refractivity contribution in [3.8, 4) is 11.5 Å². The molecule has 1 heterocycles. The van der Waals surface area contributed by atoms with E-state index in [1.165, 1.54) is 0 Å². The van der Waals surface area contributed by atoms with E-state index in [0.717, 1.165) is 12.0 Å². The third-order valence-corrected chi connectivity index (χ3v) is 4.11. The third kappa shape index (κ3) is 4.97. The minimum Gasteiger partial charge on any atom is -0.493 e. The van der Waals surface area contributed by atoms with Gasteiger partial charge >= 0.3 is 0 Å². The van der Waals surface area contributed by atoms with Crippen LogP contribution in [0.25, 0.3) is 0 Å². The molecule has 7 nitrogen and oxygen atoms in total. The number of carbonyl (C=O) groups excluding carboxylic acids is 1. The summed E-state index contributed by atoms with van der Waals surface area (Å²) in [6.45, 7) is 0.680. The highest BCUT2D eigenvalue weighted by molar-refractivity contribution is 6.03. The maximum atomic E-state index is 12.1. The maximum Gasteiger partial charge on any atom is 0.256 e. The van der Waals surface area contributed by atoms with Gasteiger partial charge in [0, 0.05) is 12.1 Å². The molecule has 0 atom stereocenters. The molecule has 0 aliphatic rings. The number of nitrogens with one attached hydrogen (secondary N) is 2. The average molecular weight is 378 g/mol. The quantitative estimate of drug-likeness (QED) is 0.625. The van der Waals surface area contributed by atoms with E-state index in [-0.39, 0.29) is 5.91 Å². The van der Waals surface area contributed by atoms with Crippen LogP contribution in [0.5, 0.6) is 11.5 Å². The van der Waals surface area contributed by atoms with Gasteiger partial charge in [0.2, 0.25) is 0 Å². The van der Waals surface area contributed by atoms with Crippen molar-refractivity contribution in [2.24, 2.45) is 0 Å². The number of anilines is 2. The molecule has 2 aromatic carbocycles. The fourth-order valence-corrected chi connectivity index (χ4v) is 2.64. The molecule has 0 bridgehead atoms. The number of hydrogen-bond donors (Lipinski definition) is 2. The number of ether oxygens (including phenoxy) is 2. The van der Waals surface area contributed by atoms with Crippen molar-refractivity contribution in [1.82, 2.24) is 10.2 Å². The summed E-state index contributed by atoms with van der Waals surface area (Å²) in [5.74, 6) is 2.23. The summed E-state index contributed by atoms with van der Waals surface area (Å²) in [5.41, 5.74) is 1.69. The predicted molar refractivity (Wildman–Crippen MR) is 108 cm³/mol. The van der Waals surface area contributed by atoms with E-state index >= 15 is 0 Å². The lowest BCUT2D eigenvalue weighted by atomic mass is 10.1. The SMILES string of the molecule is COc1ccc(CCNc2ccc(NC(=O)c3ccccc3)nn2)cc1OC. The Labute approximate surface area is 163 Å². The van der Waals surface area contributed by atoms with Crippen LogP contribution in [0.3, 0.4) is 0 Å². The summed E-state index contributed by atoms with van der Waals surface area (Å²) in [4.78, 5) is 12.1. The Balaban J connectivity index is 1.51. The molecular weight excluding hydrogens is 356 g/mol. The van der Waals surface area contributed by atoms with Crippen molar-refractivity contribution in [2.75, 3.05) is 31.4 Å². The Morgan fingerprint density at radius 3 is 2.29 bits per heavy atom. The lowest BCUT2D eigenvalue weighted by Gasteiger charge is -2.10. The first kappa shape index (κ1) is 19.2. The summed E-state index contributed by atoms with van der Waals surface area (Å²) in [7, 11) is 3.23. The van der Waals surface area contributed by atoms with E-state index in [9.17, 15) is 4.79 Å². The molecule has 1 amide bonds. The van der Waals surface area contributed by atoms with Gasteiger partial charge in [-0.25, -0.2) is 0 Å². The fourth-order valence-electron chi connectivity index (χ4n) is 2.64. The molecule has 1 aromatic heterocycles. The molecule has 3 aromatic rings. The number of aromatic nitrogens is 2. The van der Waals surface area contributed by atoms with Gasteiger partial charge in [-0.15, -0.1) is 10.2 Å². The zero-order valence-corrected chi connectivity index (χ0v) is 15.8. The minimum absolute atomic E-state index is 0.218. The molecular formula is C21H22N4O3. The standard InChI is InChI=1S/C21H22N4O3/c1-27-17-9-8-15(14-18(17)28-2)12-13-22-19-10-11-20(25-24-19)23-21(26)16-6-4-3-5-7-16/h3-11,14H,12-13H2,1-2H3,(H,22,24)(H,23,25,26). The fraction of sp³-hybridized carbons (Fsp3) is 0.190. The smallest absolute Gasteiger partial charge is 0.256 e. The van der Waals surface area contributed by atoms with Crippen LogP contribution in [0, 0.1) is 0 Å². The molecule has 0 saturated carbocycles. The van der Waals surface area contributed by atoms with Crippen LogP contribution in [0.2, 0.25) is 0 Å². The summed E-state index contributed by atoms with van der Waals surface area (Å²) in [6.07, 6.45) is 0.786. The molecule has 0 unspecified atom stereocenters. The van der Waals surface area contributed by atoms with Gasteiger partial charge in [0.15, 0.2) is 17.3 Å². The molecule has 0 radical (unpaired) electrons. The Morgan fingerprint density at radius 2 is 1.61 bits per heavy atom. The number of rotatable bonds is 8. The van der Waals surface area contributed by atoms with Crippen molar-refractivity contribution in [2.45, 2.75) is 6.42 Å². The molecule has 2 N–H and O–H groups in total. The lowest BCUT2D eigenvalue weighted by Crippen LogP contribution is -2.14. The second kappa shape index (κ2) is 9.36. The zero-order valence-electron chi connectivity index (χ0n) is 15.8. The van der Waals surface area contributed by atoms with Crippen LogP contribution in [-0.2, 0) is 6.42 Å². The van der Waals surface area contributed by atoms with E-state index in [1.54, 1.807) is 38.5 Å². The van der Waals surface area contributed by atoms with Gasteiger partial charge in [-0.3, -0.25) is 4.79 Å². The number of benzene rings is 2. The molecule has 7 heteroatoms. The second-order valence-electron chi connectivity index (χ2n) is 5.99. The minimum atomic E-state index is -0.218. The van der Waals surface area contributed by atoms with Crippen LogP contribution in [0.4, 0.5) is 11.6 Å². The molecule has 0 aliphatic carbocycles. The molecule has 144 valence electrons. The Kier molecular flexibility index (Phi) is 6.41. The van der Waals surface area contributed by atoms with E-state index in [4.69, 9.17) is 9.47 Å². The summed E-state index contributed by atoms with van der Waals surface area (Å²) < 4.78 is 10.6. The van der Waals surface area contributed by atoms with E-state index in [2.05, 4.69) is 20.8 Å². The van der Waals surface area contributed by atoms with Gasteiger partial charge < -0.3 is 20.1 Å². The average Bonchev–Trinajstić information content (AvgIpc) is 2.75. The van der Waals surface area contributed by atoms with Crippen LogP contribution in [-0.4, -0.2) is 36.9 Å². The molecule has 0 spiro atoms. The first-order chi connectivity index (χ1) is 13.7. The van der Waals surface area contributed by atoms with Crippen LogP contribution in [0.1, 0.15) is 15.9 Å². The highest BCUT2D eigenvalue weighted by atomic mass is 16.5. The number of hydrogen-bond acceptors (Lipinski definition) is 6. The van der Waals surface area contributed by atoms with Crippen molar-refractivity contribution in [3.63, 3.8) is 0 Å². The number of amides is 1. The zero-order chi connectivity index (χ0) is 19.8. The third-order valence-electron chi connectivity index (χ3n) is 4.11. The first-order valence-electron chi connectivity index (χ1n) is 8.84. The van der Waals surface area contributed by atoms with Gasteiger partial charge in [0.1, 0.15) is 5.82 Å². The Hall–Kier alpha value is -3.61. The van der Waals surface area contributed by atoms with Crippen molar-refractivity contribution in [1.29, 1.82) is 0 Å². The van der Waals surface area contributed by atoms with Gasteiger partial charge in [0.05, 0.1) is 14.2 Å².